The lowest BCUT2D eigenvalue weighted by Gasteiger charge is -2.24. The van der Waals surface area contributed by atoms with Crippen LogP contribution in [0.25, 0.3) is 0 Å². The minimum Gasteiger partial charge on any atom is -0.491 e. The average Bonchev–Trinajstić information content (AvgIpc) is 2.29. The molecule has 0 radical (unpaired) electrons. The summed E-state index contributed by atoms with van der Waals surface area (Å²) in [7, 11) is 0. The highest BCUT2D eigenvalue weighted by Gasteiger charge is 2.22. The zero-order valence-electron chi connectivity index (χ0n) is 11.9. The zero-order chi connectivity index (χ0) is 13.6. The van der Waals surface area contributed by atoms with Crippen LogP contribution in [0.4, 0.5) is 0 Å². The van der Waals surface area contributed by atoms with Gasteiger partial charge in [0.15, 0.2) is 0 Å². The molecule has 0 aromatic heterocycles. The van der Waals surface area contributed by atoms with E-state index in [9.17, 15) is 5.11 Å². The first-order chi connectivity index (χ1) is 8.45. The van der Waals surface area contributed by atoms with E-state index in [1.807, 2.05) is 45.0 Å². The van der Waals surface area contributed by atoms with E-state index >= 15 is 0 Å². The molecule has 1 atom stereocenters. The lowest BCUT2D eigenvalue weighted by molar-refractivity contribution is 0.0571. The maximum Gasteiger partial charge on any atom is 0.119 e. The van der Waals surface area contributed by atoms with Gasteiger partial charge in [0.2, 0.25) is 0 Å². The Kier molecular flexibility index (Phi) is 5.63. The molecule has 102 valence electrons. The molecule has 2 N–H and O–H groups in total. The Hall–Kier alpha value is -1.06. The third-order valence-corrected chi connectivity index (χ3v) is 2.74. The van der Waals surface area contributed by atoms with Crippen molar-refractivity contribution in [1.82, 2.24) is 5.32 Å². The lowest BCUT2D eigenvalue weighted by Crippen LogP contribution is -2.35. The van der Waals surface area contributed by atoms with Crippen LogP contribution >= 0.6 is 0 Å². The Balaban J connectivity index is 2.65. The lowest BCUT2D eigenvalue weighted by atomic mass is 9.96. The van der Waals surface area contributed by atoms with Gasteiger partial charge in [0.25, 0.3) is 0 Å². The van der Waals surface area contributed by atoms with E-state index in [0.717, 1.165) is 24.3 Å². The molecule has 3 nitrogen and oxygen atoms in total. The Morgan fingerprint density at radius 3 is 2.39 bits per heavy atom. The van der Waals surface area contributed by atoms with Crippen LogP contribution in [0.5, 0.6) is 5.75 Å². The highest BCUT2D eigenvalue weighted by Crippen LogP contribution is 2.23. The molecule has 18 heavy (non-hydrogen) atoms. The van der Waals surface area contributed by atoms with Crippen LogP contribution < -0.4 is 10.1 Å². The van der Waals surface area contributed by atoms with Gasteiger partial charge in [0.1, 0.15) is 5.75 Å². The van der Waals surface area contributed by atoms with Gasteiger partial charge in [0, 0.05) is 6.54 Å². The highest BCUT2D eigenvalue weighted by molar-refractivity contribution is 5.30. The second-order valence-electron chi connectivity index (χ2n) is 5.14. The molecule has 0 aliphatic carbocycles. The maximum absolute atomic E-state index is 10.4. The number of hydrogen-bond acceptors (Lipinski definition) is 3. The summed E-state index contributed by atoms with van der Waals surface area (Å²) in [5, 5.41) is 13.6. The van der Waals surface area contributed by atoms with Crippen LogP contribution in [0.2, 0.25) is 0 Å². The van der Waals surface area contributed by atoms with Crippen molar-refractivity contribution in [1.29, 1.82) is 0 Å². The number of benzene rings is 1. The first-order valence-corrected chi connectivity index (χ1v) is 6.66. The molecule has 0 bridgehead atoms. The number of nitrogens with one attached hydrogen (secondary N) is 1. The molecular formula is C15H25NO2. The Bertz CT molecular complexity index is 344. The van der Waals surface area contributed by atoms with Crippen molar-refractivity contribution >= 4 is 0 Å². The molecule has 1 unspecified atom stereocenters. The fraction of sp³-hybridized carbons (Fsp3) is 0.600. The third kappa shape index (κ3) is 4.67. The molecule has 0 saturated carbocycles. The smallest absolute Gasteiger partial charge is 0.119 e. The summed E-state index contributed by atoms with van der Waals surface area (Å²) in [5.74, 6) is 0.839. The Morgan fingerprint density at radius 2 is 1.89 bits per heavy atom. The van der Waals surface area contributed by atoms with Crippen LogP contribution in [0, 0.1) is 0 Å². The van der Waals surface area contributed by atoms with Crippen molar-refractivity contribution < 1.29 is 9.84 Å². The second-order valence-corrected chi connectivity index (χ2v) is 5.14. The summed E-state index contributed by atoms with van der Waals surface area (Å²) in [6.07, 6.45) is 1.24. The number of rotatable bonds is 7. The van der Waals surface area contributed by atoms with Gasteiger partial charge in [-0.3, -0.25) is 0 Å². The van der Waals surface area contributed by atoms with Gasteiger partial charge in [-0.2, -0.15) is 0 Å². The fourth-order valence-electron chi connectivity index (χ4n) is 1.78. The molecule has 1 rings (SSSR count). The van der Waals surface area contributed by atoms with Crippen LogP contribution in [0.15, 0.2) is 24.3 Å². The SMILES string of the molecule is CCCNCC(C)(O)c1ccc(OC(C)C)cc1. The van der Waals surface area contributed by atoms with E-state index < -0.39 is 5.60 Å². The van der Waals surface area contributed by atoms with Crippen molar-refractivity contribution in [3.05, 3.63) is 29.8 Å². The molecule has 0 spiro atoms. The van der Waals surface area contributed by atoms with E-state index in [1.165, 1.54) is 0 Å². The summed E-state index contributed by atoms with van der Waals surface area (Å²) in [4.78, 5) is 0. The van der Waals surface area contributed by atoms with Crippen LogP contribution in [0.1, 0.15) is 39.7 Å². The van der Waals surface area contributed by atoms with Gasteiger partial charge in [0.05, 0.1) is 11.7 Å². The zero-order valence-corrected chi connectivity index (χ0v) is 11.9. The van der Waals surface area contributed by atoms with Gasteiger partial charge in [-0.1, -0.05) is 19.1 Å². The van der Waals surface area contributed by atoms with Gasteiger partial charge in [-0.15, -0.1) is 0 Å². The predicted octanol–water partition coefficient (Wildman–Crippen LogP) is 2.68. The quantitative estimate of drug-likeness (QED) is 0.732. The van der Waals surface area contributed by atoms with Crippen LogP contribution in [-0.2, 0) is 5.60 Å². The molecular weight excluding hydrogens is 226 g/mol. The normalized spacial score (nSPS) is 14.6. The summed E-state index contributed by atoms with van der Waals surface area (Å²) in [5.41, 5.74) is 0.0631. The molecule has 0 aliphatic heterocycles. The molecule has 0 heterocycles. The summed E-state index contributed by atoms with van der Waals surface area (Å²) in [6.45, 7) is 9.42. The van der Waals surface area contributed by atoms with E-state index in [2.05, 4.69) is 12.2 Å². The van der Waals surface area contributed by atoms with Crippen molar-refractivity contribution in [3.8, 4) is 5.75 Å². The van der Waals surface area contributed by atoms with Gasteiger partial charge >= 0.3 is 0 Å². The molecule has 0 saturated heterocycles. The number of aliphatic hydroxyl groups is 1. The molecule has 0 fully saturated rings. The van der Waals surface area contributed by atoms with E-state index in [-0.39, 0.29) is 6.10 Å². The van der Waals surface area contributed by atoms with Crippen molar-refractivity contribution in [2.75, 3.05) is 13.1 Å². The van der Waals surface area contributed by atoms with E-state index in [4.69, 9.17) is 4.74 Å². The summed E-state index contributed by atoms with van der Waals surface area (Å²) < 4.78 is 5.58. The Morgan fingerprint density at radius 1 is 1.28 bits per heavy atom. The fourth-order valence-corrected chi connectivity index (χ4v) is 1.78. The van der Waals surface area contributed by atoms with Gasteiger partial charge in [-0.25, -0.2) is 0 Å². The van der Waals surface area contributed by atoms with E-state index in [1.54, 1.807) is 0 Å². The van der Waals surface area contributed by atoms with Gasteiger partial charge < -0.3 is 15.2 Å². The van der Waals surface area contributed by atoms with Crippen molar-refractivity contribution in [2.45, 2.75) is 45.8 Å². The molecule has 0 amide bonds. The number of hydrogen-bond donors (Lipinski definition) is 2. The first-order valence-electron chi connectivity index (χ1n) is 6.66. The molecule has 0 aliphatic rings. The minimum absolute atomic E-state index is 0.169. The first kappa shape index (κ1) is 15.0. The summed E-state index contributed by atoms with van der Waals surface area (Å²) in [6, 6.07) is 7.66. The highest BCUT2D eigenvalue weighted by atomic mass is 16.5. The largest absolute Gasteiger partial charge is 0.491 e. The third-order valence-electron chi connectivity index (χ3n) is 2.74. The topological polar surface area (TPSA) is 41.5 Å². The van der Waals surface area contributed by atoms with Crippen molar-refractivity contribution in [2.24, 2.45) is 0 Å². The second kappa shape index (κ2) is 6.76. The van der Waals surface area contributed by atoms with Gasteiger partial charge in [-0.05, 0) is 51.4 Å². The monoisotopic (exact) mass is 251 g/mol. The standard InChI is InChI=1S/C15H25NO2/c1-5-10-16-11-15(4,17)13-6-8-14(9-7-13)18-12(2)3/h6-9,12,16-17H,5,10-11H2,1-4H3. The van der Waals surface area contributed by atoms with Crippen molar-refractivity contribution in [3.63, 3.8) is 0 Å². The Labute approximate surface area is 110 Å². The molecule has 1 aromatic rings. The maximum atomic E-state index is 10.4. The van der Waals surface area contributed by atoms with E-state index in [0.29, 0.717) is 6.54 Å². The number of ether oxygens (including phenoxy) is 1. The average molecular weight is 251 g/mol. The molecule has 1 aromatic carbocycles. The minimum atomic E-state index is -0.842. The van der Waals surface area contributed by atoms with Crippen LogP contribution in [0.3, 0.4) is 0 Å². The van der Waals surface area contributed by atoms with Crippen LogP contribution in [-0.4, -0.2) is 24.3 Å². The summed E-state index contributed by atoms with van der Waals surface area (Å²) >= 11 is 0. The molecule has 3 heteroatoms. The predicted molar refractivity (Wildman–Crippen MR) is 74.9 cm³/mol.